The quantitative estimate of drug-likeness (QED) is 0.752. The molecule has 1 aromatic rings. The SMILES string of the molecule is CSC(C)CCNCc1ccc(C)cn1. The lowest BCUT2D eigenvalue weighted by Crippen LogP contribution is -2.18. The van der Waals surface area contributed by atoms with Gasteiger partial charge in [0.1, 0.15) is 0 Å². The lowest BCUT2D eigenvalue weighted by molar-refractivity contribution is 0.639. The molecule has 0 saturated carbocycles. The molecule has 1 atom stereocenters. The van der Waals surface area contributed by atoms with Gasteiger partial charge in [0.15, 0.2) is 0 Å². The highest BCUT2D eigenvalue weighted by Crippen LogP contribution is 2.08. The van der Waals surface area contributed by atoms with Crippen LogP contribution < -0.4 is 5.32 Å². The maximum absolute atomic E-state index is 4.35. The number of rotatable bonds is 6. The van der Waals surface area contributed by atoms with E-state index in [4.69, 9.17) is 0 Å². The Morgan fingerprint density at radius 2 is 2.27 bits per heavy atom. The van der Waals surface area contributed by atoms with Crippen molar-refractivity contribution in [1.82, 2.24) is 10.3 Å². The van der Waals surface area contributed by atoms with E-state index in [0.717, 1.165) is 24.0 Å². The van der Waals surface area contributed by atoms with Gasteiger partial charge in [-0.05, 0) is 37.8 Å². The first kappa shape index (κ1) is 12.5. The van der Waals surface area contributed by atoms with Crippen LogP contribution in [0.15, 0.2) is 18.3 Å². The standard InChI is InChI=1S/C12H20N2S/c1-10-4-5-12(14-8-10)9-13-7-6-11(2)15-3/h4-5,8,11,13H,6-7,9H2,1-3H3. The molecule has 1 rings (SSSR count). The van der Waals surface area contributed by atoms with E-state index >= 15 is 0 Å². The van der Waals surface area contributed by atoms with Gasteiger partial charge in [-0.2, -0.15) is 11.8 Å². The molecule has 0 aliphatic heterocycles. The van der Waals surface area contributed by atoms with Gasteiger partial charge in [0.05, 0.1) is 5.69 Å². The van der Waals surface area contributed by atoms with Crippen molar-refractivity contribution in [1.29, 1.82) is 0 Å². The fourth-order valence-electron chi connectivity index (χ4n) is 1.24. The first-order chi connectivity index (χ1) is 7.22. The highest BCUT2D eigenvalue weighted by molar-refractivity contribution is 7.99. The summed E-state index contributed by atoms with van der Waals surface area (Å²) in [6, 6.07) is 4.19. The number of nitrogens with zero attached hydrogens (tertiary/aromatic N) is 1. The van der Waals surface area contributed by atoms with Crippen LogP contribution >= 0.6 is 11.8 Å². The van der Waals surface area contributed by atoms with Gasteiger partial charge in [0.2, 0.25) is 0 Å². The molecule has 84 valence electrons. The molecule has 1 N–H and O–H groups in total. The van der Waals surface area contributed by atoms with Crippen LogP contribution in [0.3, 0.4) is 0 Å². The topological polar surface area (TPSA) is 24.9 Å². The van der Waals surface area contributed by atoms with Gasteiger partial charge in [-0.3, -0.25) is 4.98 Å². The van der Waals surface area contributed by atoms with Crippen molar-refractivity contribution in [3.05, 3.63) is 29.6 Å². The molecule has 0 aliphatic rings. The number of thioether (sulfide) groups is 1. The van der Waals surface area contributed by atoms with E-state index in [9.17, 15) is 0 Å². The minimum Gasteiger partial charge on any atom is -0.311 e. The highest BCUT2D eigenvalue weighted by Gasteiger charge is 1.98. The largest absolute Gasteiger partial charge is 0.311 e. The minimum absolute atomic E-state index is 0.739. The molecule has 0 aliphatic carbocycles. The van der Waals surface area contributed by atoms with Crippen LogP contribution in [0.1, 0.15) is 24.6 Å². The Morgan fingerprint density at radius 3 is 2.87 bits per heavy atom. The second-order valence-corrected chi connectivity index (χ2v) is 5.11. The Labute approximate surface area is 96.9 Å². The zero-order valence-corrected chi connectivity index (χ0v) is 10.6. The van der Waals surface area contributed by atoms with Crippen molar-refractivity contribution in [2.75, 3.05) is 12.8 Å². The predicted molar refractivity (Wildman–Crippen MR) is 68.3 cm³/mol. The molecule has 3 heteroatoms. The summed E-state index contributed by atoms with van der Waals surface area (Å²) in [5.74, 6) is 0. The smallest absolute Gasteiger partial charge is 0.0541 e. The second kappa shape index (κ2) is 6.85. The summed E-state index contributed by atoms with van der Waals surface area (Å²) in [4.78, 5) is 4.35. The van der Waals surface area contributed by atoms with E-state index in [1.54, 1.807) is 0 Å². The second-order valence-electron chi connectivity index (χ2n) is 3.84. The zero-order valence-electron chi connectivity index (χ0n) is 9.79. The maximum atomic E-state index is 4.35. The van der Waals surface area contributed by atoms with E-state index in [1.165, 1.54) is 12.0 Å². The lowest BCUT2D eigenvalue weighted by atomic mass is 10.2. The molecule has 0 aromatic carbocycles. The summed E-state index contributed by atoms with van der Waals surface area (Å²) in [6.45, 7) is 6.26. The van der Waals surface area contributed by atoms with Crippen LogP contribution in [-0.4, -0.2) is 23.0 Å². The summed E-state index contributed by atoms with van der Waals surface area (Å²) in [5, 5.41) is 4.15. The van der Waals surface area contributed by atoms with Crippen molar-refractivity contribution in [3.63, 3.8) is 0 Å². The van der Waals surface area contributed by atoms with Crippen LogP contribution in [0.2, 0.25) is 0 Å². The van der Waals surface area contributed by atoms with E-state index < -0.39 is 0 Å². The number of hydrogen-bond acceptors (Lipinski definition) is 3. The van der Waals surface area contributed by atoms with Crippen molar-refractivity contribution in [2.24, 2.45) is 0 Å². The first-order valence-corrected chi connectivity index (χ1v) is 6.66. The lowest BCUT2D eigenvalue weighted by Gasteiger charge is -2.08. The van der Waals surface area contributed by atoms with E-state index in [-0.39, 0.29) is 0 Å². The molecule has 1 aromatic heterocycles. The van der Waals surface area contributed by atoms with Crippen molar-refractivity contribution in [2.45, 2.75) is 32.1 Å². The highest BCUT2D eigenvalue weighted by atomic mass is 32.2. The average Bonchev–Trinajstić information content (AvgIpc) is 2.26. The molecule has 0 amide bonds. The van der Waals surface area contributed by atoms with Crippen LogP contribution in [-0.2, 0) is 6.54 Å². The molecule has 0 saturated heterocycles. The Balaban J connectivity index is 2.17. The van der Waals surface area contributed by atoms with Crippen LogP contribution in [0.5, 0.6) is 0 Å². The molecule has 0 spiro atoms. The molecule has 1 unspecified atom stereocenters. The molecule has 15 heavy (non-hydrogen) atoms. The summed E-state index contributed by atoms with van der Waals surface area (Å²) in [6.07, 6.45) is 5.29. The summed E-state index contributed by atoms with van der Waals surface area (Å²) in [7, 11) is 0. The van der Waals surface area contributed by atoms with Gasteiger partial charge < -0.3 is 5.32 Å². The average molecular weight is 224 g/mol. The first-order valence-electron chi connectivity index (χ1n) is 5.37. The van der Waals surface area contributed by atoms with Crippen LogP contribution in [0, 0.1) is 6.92 Å². The Kier molecular flexibility index (Phi) is 5.73. The predicted octanol–water partition coefficient (Wildman–Crippen LogP) is 2.62. The molecule has 0 fully saturated rings. The molecule has 0 bridgehead atoms. The normalized spacial score (nSPS) is 12.7. The Morgan fingerprint density at radius 1 is 1.47 bits per heavy atom. The van der Waals surface area contributed by atoms with Gasteiger partial charge in [-0.1, -0.05) is 13.0 Å². The Hall–Kier alpha value is -0.540. The van der Waals surface area contributed by atoms with Crippen molar-refractivity contribution in [3.8, 4) is 0 Å². The fourth-order valence-corrected chi connectivity index (χ4v) is 1.60. The Bertz CT molecular complexity index is 271. The van der Waals surface area contributed by atoms with Gasteiger partial charge in [0.25, 0.3) is 0 Å². The summed E-state index contributed by atoms with van der Waals surface area (Å²) < 4.78 is 0. The van der Waals surface area contributed by atoms with Crippen LogP contribution in [0.4, 0.5) is 0 Å². The van der Waals surface area contributed by atoms with Gasteiger partial charge >= 0.3 is 0 Å². The molecular formula is C12H20N2S. The number of nitrogens with one attached hydrogen (secondary N) is 1. The maximum Gasteiger partial charge on any atom is 0.0541 e. The monoisotopic (exact) mass is 224 g/mol. The van der Waals surface area contributed by atoms with E-state index in [2.05, 4.69) is 42.5 Å². The van der Waals surface area contributed by atoms with Crippen molar-refractivity contribution >= 4 is 11.8 Å². The van der Waals surface area contributed by atoms with E-state index in [1.807, 2.05) is 18.0 Å². The number of pyridine rings is 1. The third-order valence-corrected chi connectivity index (χ3v) is 3.45. The fraction of sp³-hybridized carbons (Fsp3) is 0.583. The third-order valence-electron chi connectivity index (χ3n) is 2.41. The number of aryl methyl sites for hydroxylation is 1. The molecular weight excluding hydrogens is 204 g/mol. The van der Waals surface area contributed by atoms with Gasteiger partial charge in [-0.25, -0.2) is 0 Å². The van der Waals surface area contributed by atoms with Gasteiger partial charge in [0, 0.05) is 18.0 Å². The minimum atomic E-state index is 0.739. The summed E-state index contributed by atoms with van der Waals surface area (Å²) >= 11 is 1.92. The van der Waals surface area contributed by atoms with E-state index in [0.29, 0.717) is 0 Å². The number of aromatic nitrogens is 1. The van der Waals surface area contributed by atoms with Crippen molar-refractivity contribution < 1.29 is 0 Å². The zero-order chi connectivity index (χ0) is 11.1. The number of hydrogen-bond donors (Lipinski definition) is 1. The van der Waals surface area contributed by atoms with Gasteiger partial charge in [-0.15, -0.1) is 0 Å². The molecule has 2 nitrogen and oxygen atoms in total. The molecule has 1 heterocycles. The van der Waals surface area contributed by atoms with Crippen LogP contribution in [0.25, 0.3) is 0 Å². The summed E-state index contributed by atoms with van der Waals surface area (Å²) in [5.41, 5.74) is 2.34. The third kappa shape index (κ3) is 5.19. The molecule has 0 radical (unpaired) electrons.